The molecule has 0 spiro atoms. The van der Waals surface area contributed by atoms with Gasteiger partial charge < -0.3 is 24.6 Å². The van der Waals surface area contributed by atoms with E-state index in [2.05, 4.69) is 64.8 Å². The van der Waals surface area contributed by atoms with Gasteiger partial charge in [-0.25, -0.2) is 0 Å². The molecule has 2 aliphatic heterocycles. The lowest BCUT2D eigenvalue weighted by Crippen LogP contribution is -2.51. The summed E-state index contributed by atoms with van der Waals surface area (Å²) in [5.74, 6) is 0.148. The predicted molar refractivity (Wildman–Crippen MR) is 140 cm³/mol. The van der Waals surface area contributed by atoms with Crippen LogP contribution in [0.5, 0.6) is 0 Å². The van der Waals surface area contributed by atoms with E-state index in [9.17, 15) is 9.59 Å². The van der Waals surface area contributed by atoms with E-state index in [1.165, 1.54) is 10.9 Å². The van der Waals surface area contributed by atoms with Crippen LogP contribution in [0.4, 0.5) is 5.69 Å². The van der Waals surface area contributed by atoms with E-state index in [-0.39, 0.29) is 18.0 Å². The summed E-state index contributed by atoms with van der Waals surface area (Å²) >= 11 is 0. The minimum Gasteiger partial charge on any atom is -0.355 e. The van der Waals surface area contributed by atoms with Crippen molar-refractivity contribution in [2.45, 2.75) is 39.4 Å². The number of hydrogen-bond donors (Lipinski definition) is 1. The molecule has 2 aromatic carbocycles. The molecule has 0 bridgehead atoms. The van der Waals surface area contributed by atoms with Gasteiger partial charge in [-0.15, -0.1) is 0 Å². The van der Waals surface area contributed by atoms with Crippen LogP contribution in [0.15, 0.2) is 48.5 Å². The quantitative estimate of drug-likeness (QED) is 0.543. The van der Waals surface area contributed by atoms with Gasteiger partial charge in [0.1, 0.15) is 6.17 Å². The Morgan fingerprint density at radius 3 is 2.63 bits per heavy atom. The first-order valence-electron chi connectivity index (χ1n) is 12.8. The van der Waals surface area contributed by atoms with Gasteiger partial charge in [0, 0.05) is 50.6 Å². The molecule has 5 rings (SSSR count). The standard InChI is InChI=1S/C28H35N5O2/c1-4-31(5-2)19-16-29-25(34)15-18-32-24-13-9-6-10-20(24)21-14-17-33-27(26(21)32)30(3)23-12-8-7-11-22(23)28(33)35/h6-13,27H,4-5,14-19H2,1-3H3,(H,29,34). The predicted octanol–water partition coefficient (Wildman–Crippen LogP) is 3.64. The van der Waals surface area contributed by atoms with Crippen LogP contribution in [0, 0.1) is 0 Å². The molecule has 2 amide bonds. The molecule has 35 heavy (non-hydrogen) atoms. The zero-order valence-electron chi connectivity index (χ0n) is 21.0. The first-order chi connectivity index (χ1) is 17.0. The van der Waals surface area contributed by atoms with Crippen LogP contribution >= 0.6 is 0 Å². The zero-order valence-corrected chi connectivity index (χ0v) is 21.0. The number of benzene rings is 2. The second-order valence-corrected chi connectivity index (χ2v) is 9.41. The second kappa shape index (κ2) is 9.74. The van der Waals surface area contributed by atoms with Crippen LogP contribution in [0.3, 0.4) is 0 Å². The van der Waals surface area contributed by atoms with Crippen molar-refractivity contribution in [1.82, 2.24) is 19.7 Å². The van der Waals surface area contributed by atoms with Gasteiger partial charge in [-0.3, -0.25) is 9.59 Å². The maximum Gasteiger partial charge on any atom is 0.257 e. The summed E-state index contributed by atoms with van der Waals surface area (Å²) in [4.78, 5) is 32.7. The van der Waals surface area contributed by atoms with Crippen LogP contribution in [-0.2, 0) is 17.8 Å². The molecule has 3 aromatic rings. The highest BCUT2D eigenvalue weighted by atomic mass is 16.2. The number of rotatable bonds is 8. The monoisotopic (exact) mass is 473 g/mol. The van der Waals surface area contributed by atoms with E-state index in [1.807, 2.05) is 29.2 Å². The van der Waals surface area contributed by atoms with Crippen molar-refractivity contribution in [2.75, 3.05) is 44.7 Å². The van der Waals surface area contributed by atoms with E-state index in [0.717, 1.165) is 48.5 Å². The highest BCUT2D eigenvalue weighted by molar-refractivity contribution is 6.02. The van der Waals surface area contributed by atoms with Crippen molar-refractivity contribution < 1.29 is 9.59 Å². The lowest BCUT2D eigenvalue weighted by molar-refractivity contribution is -0.121. The van der Waals surface area contributed by atoms with Crippen molar-refractivity contribution in [3.63, 3.8) is 0 Å². The fraction of sp³-hybridized carbons (Fsp3) is 0.429. The molecule has 0 fully saturated rings. The smallest absolute Gasteiger partial charge is 0.257 e. The lowest BCUT2D eigenvalue weighted by Gasteiger charge is -2.46. The molecule has 184 valence electrons. The molecule has 7 heteroatoms. The van der Waals surface area contributed by atoms with Gasteiger partial charge in [0.2, 0.25) is 5.91 Å². The van der Waals surface area contributed by atoms with Crippen LogP contribution in [0.2, 0.25) is 0 Å². The number of likely N-dealkylation sites (N-methyl/N-ethyl adjacent to an activating group) is 1. The van der Waals surface area contributed by atoms with E-state index in [4.69, 9.17) is 0 Å². The van der Waals surface area contributed by atoms with E-state index in [0.29, 0.717) is 26.1 Å². The third kappa shape index (κ3) is 4.08. The summed E-state index contributed by atoms with van der Waals surface area (Å²) in [6.07, 6.45) is 1.04. The molecule has 1 N–H and O–H groups in total. The van der Waals surface area contributed by atoms with Gasteiger partial charge in [0.15, 0.2) is 0 Å². The van der Waals surface area contributed by atoms with Crippen LogP contribution in [0.25, 0.3) is 10.9 Å². The van der Waals surface area contributed by atoms with E-state index >= 15 is 0 Å². The first kappa shape index (κ1) is 23.4. The van der Waals surface area contributed by atoms with Crippen molar-refractivity contribution in [1.29, 1.82) is 0 Å². The molecule has 7 nitrogen and oxygen atoms in total. The number of amides is 2. The minimum atomic E-state index is -0.181. The van der Waals surface area contributed by atoms with Gasteiger partial charge in [0.25, 0.3) is 5.91 Å². The molecular formula is C28H35N5O2. The minimum absolute atomic E-state index is 0.0646. The van der Waals surface area contributed by atoms with Gasteiger partial charge in [-0.2, -0.15) is 0 Å². The Hall–Kier alpha value is -3.32. The summed E-state index contributed by atoms with van der Waals surface area (Å²) in [6.45, 7) is 9.05. The number of nitrogens with one attached hydrogen (secondary N) is 1. The van der Waals surface area contributed by atoms with Gasteiger partial charge in [0.05, 0.1) is 16.9 Å². The maximum absolute atomic E-state index is 13.4. The summed E-state index contributed by atoms with van der Waals surface area (Å²) < 4.78 is 2.28. The highest BCUT2D eigenvalue weighted by Crippen LogP contribution is 2.44. The molecular weight excluding hydrogens is 438 g/mol. The second-order valence-electron chi connectivity index (χ2n) is 9.41. The lowest BCUT2D eigenvalue weighted by atomic mass is 9.96. The molecule has 1 atom stereocenters. The highest BCUT2D eigenvalue weighted by Gasteiger charge is 2.42. The average molecular weight is 474 g/mol. The Labute approximate surface area is 207 Å². The summed E-state index contributed by atoms with van der Waals surface area (Å²) in [5, 5.41) is 4.31. The third-order valence-electron chi connectivity index (χ3n) is 7.61. The topological polar surface area (TPSA) is 60.8 Å². The summed E-state index contributed by atoms with van der Waals surface area (Å²) in [5.41, 5.74) is 5.28. The Morgan fingerprint density at radius 2 is 1.83 bits per heavy atom. The number of para-hydroxylation sites is 2. The summed E-state index contributed by atoms with van der Waals surface area (Å²) in [7, 11) is 2.07. The molecule has 1 aromatic heterocycles. The molecule has 0 saturated carbocycles. The van der Waals surface area contributed by atoms with Crippen LogP contribution in [0.1, 0.15) is 48.0 Å². The van der Waals surface area contributed by atoms with Crippen molar-refractivity contribution in [3.8, 4) is 0 Å². The molecule has 0 radical (unpaired) electrons. The van der Waals surface area contributed by atoms with Gasteiger partial charge in [-0.1, -0.05) is 44.2 Å². The number of anilines is 1. The number of carbonyl (C=O) groups excluding carboxylic acids is 2. The number of carbonyl (C=O) groups is 2. The Balaban J connectivity index is 1.45. The van der Waals surface area contributed by atoms with E-state index in [1.54, 1.807) is 0 Å². The third-order valence-corrected chi connectivity index (χ3v) is 7.61. The first-order valence-corrected chi connectivity index (χ1v) is 12.8. The molecule has 2 aliphatic rings. The number of nitrogens with zero attached hydrogens (tertiary/aromatic N) is 4. The zero-order chi connectivity index (χ0) is 24.5. The normalized spacial score (nSPS) is 16.9. The van der Waals surface area contributed by atoms with Crippen LogP contribution in [-0.4, -0.2) is 66.0 Å². The van der Waals surface area contributed by atoms with E-state index < -0.39 is 0 Å². The molecule has 0 aliphatic carbocycles. The van der Waals surface area contributed by atoms with Crippen molar-refractivity contribution in [3.05, 3.63) is 65.4 Å². The number of fused-ring (bicyclic) bond motifs is 6. The number of aromatic nitrogens is 1. The largest absolute Gasteiger partial charge is 0.355 e. The molecule has 0 saturated heterocycles. The van der Waals surface area contributed by atoms with Gasteiger partial charge in [-0.05, 0) is 43.3 Å². The van der Waals surface area contributed by atoms with Crippen molar-refractivity contribution in [2.24, 2.45) is 0 Å². The fourth-order valence-electron chi connectivity index (χ4n) is 5.74. The Morgan fingerprint density at radius 1 is 1.09 bits per heavy atom. The molecule has 1 unspecified atom stereocenters. The fourth-order valence-corrected chi connectivity index (χ4v) is 5.74. The van der Waals surface area contributed by atoms with Crippen LogP contribution < -0.4 is 10.2 Å². The number of aryl methyl sites for hydroxylation is 1. The number of hydrogen-bond acceptors (Lipinski definition) is 4. The Bertz CT molecular complexity index is 1250. The SMILES string of the molecule is CCN(CC)CCNC(=O)CCn1c2c(c3ccccc31)CCN1C(=O)c3ccccc3N(C)C21. The summed E-state index contributed by atoms with van der Waals surface area (Å²) in [6, 6.07) is 16.3. The average Bonchev–Trinajstić information content (AvgIpc) is 3.22. The van der Waals surface area contributed by atoms with Crippen molar-refractivity contribution >= 4 is 28.4 Å². The Kier molecular flexibility index (Phi) is 6.52. The maximum atomic E-state index is 13.4. The van der Waals surface area contributed by atoms with Gasteiger partial charge >= 0.3 is 0 Å². The molecule has 3 heterocycles.